The van der Waals surface area contributed by atoms with Crippen molar-refractivity contribution in [1.29, 1.82) is 0 Å². The minimum absolute atomic E-state index is 0.150. The van der Waals surface area contributed by atoms with Gasteiger partial charge in [-0.1, -0.05) is 15.9 Å². The van der Waals surface area contributed by atoms with E-state index in [1.807, 2.05) is 12.1 Å². The molecule has 0 amide bonds. The van der Waals surface area contributed by atoms with Crippen LogP contribution in [0.4, 0.5) is 0 Å². The molecule has 0 radical (unpaired) electrons. The lowest BCUT2D eigenvalue weighted by Crippen LogP contribution is -2.49. The Bertz CT molecular complexity index is 350. The number of hydrogen-bond acceptors (Lipinski definition) is 3. The summed E-state index contributed by atoms with van der Waals surface area (Å²) in [4.78, 5) is 2.19. The van der Waals surface area contributed by atoms with Gasteiger partial charge in [0, 0.05) is 29.7 Å². The Labute approximate surface area is 97.8 Å². The third-order valence-corrected chi connectivity index (χ3v) is 3.07. The van der Waals surface area contributed by atoms with Crippen LogP contribution in [0.1, 0.15) is 5.56 Å². The molecule has 0 spiro atoms. The molecule has 2 rings (SSSR count). The van der Waals surface area contributed by atoms with Crippen LogP contribution in [-0.4, -0.2) is 36.3 Å². The normalized spacial score (nSPS) is 17.5. The molecule has 1 heterocycles. The summed E-state index contributed by atoms with van der Waals surface area (Å²) in [5.41, 5.74) is 1.15. The van der Waals surface area contributed by atoms with Crippen LogP contribution >= 0.6 is 15.9 Å². The first-order chi connectivity index (χ1) is 7.19. The molecule has 15 heavy (non-hydrogen) atoms. The molecule has 0 saturated carbocycles. The Morgan fingerprint density at radius 2 is 2.27 bits per heavy atom. The zero-order chi connectivity index (χ0) is 10.8. The summed E-state index contributed by atoms with van der Waals surface area (Å²) in [5.74, 6) is 0.902. The van der Waals surface area contributed by atoms with Crippen LogP contribution in [0.2, 0.25) is 0 Å². The highest BCUT2D eigenvalue weighted by Gasteiger charge is 2.24. The summed E-state index contributed by atoms with van der Waals surface area (Å²) >= 11 is 3.44. The van der Waals surface area contributed by atoms with E-state index in [1.54, 1.807) is 7.11 Å². The zero-order valence-electron chi connectivity index (χ0n) is 8.61. The summed E-state index contributed by atoms with van der Waals surface area (Å²) in [6.45, 7) is 2.35. The lowest BCUT2D eigenvalue weighted by molar-refractivity contribution is -0.00322. The SMILES string of the molecule is COc1ccc(Br)cc1CN1CC(O)C1. The van der Waals surface area contributed by atoms with Gasteiger partial charge < -0.3 is 9.84 Å². The summed E-state index contributed by atoms with van der Waals surface area (Å²) in [6.07, 6.45) is -0.150. The van der Waals surface area contributed by atoms with Gasteiger partial charge in [0.15, 0.2) is 0 Å². The summed E-state index contributed by atoms with van der Waals surface area (Å²) in [6, 6.07) is 5.98. The van der Waals surface area contributed by atoms with Crippen molar-refractivity contribution in [3.05, 3.63) is 28.2 Å². The average Bonchev–Trinajstić information content (AvgIpc) is 2.16. The Morgan fingerprint density at radius 1 is 1.53 bits per heavy atom. The van der Waals surface area contributed by atoms with E-state index >= 15 is 0 Å². The number of halogens is 1. The van der Waals surface area contributed by atoms with Gasteiger partial charge in [-0.3, -0.25) is 4.90 Å². The Morgan fingerprint density at radius 3 is 2.87 bits per heavy atom. The van der Waals surface area contributed by atoms with Crippen LogP contribution in [0.15, 0.2) is 22.7 Å². The lowest BCUT2D eigenvalue weighted by Gasteiger charge is -2.36. The molecule has 1 aliphatic heterocycles. The molecule has 0 bridgehead atoms. The fourth-order valence-electron chi connectivity index (χ4n) is 1.78. The molecular formula is C11H14BrNO2. The maximum absolute atomic E-state index is 9.20. The molecule has 1 aliphatic rings. The van der Waals surface area contributed by atoms with E-state index in [9.17, 15) is 5.11 Å². The van der Waals surface area contributed by atoms with Gasteiger partial charge in [-0.25, -0.2) is 0 Å². The third kappa shape index (κ3) is 2.51. The second-order valence-corrected chi connectivity index (χ2v) is 4.72. The summed E-state index contributed by atoms with van der Waals surface area (Å²) in [5, 5.41) is 9.20. The molecule has 1 saturated heterocycles. The summed E-state index contributed by atoms with van der Waals surface area (Å²) in [7, 11) is 1.68. The van der Waals surface area contributed by atoms with E-state index in [-0.39, 0.29) is 6.10 Å². The molecule has 3 nitrogen and oxygen atoms in total. The maximum atomic E-state index is 9.20. The van der Waals surface area contributed by atoms with Crippen molar-refractivity contribution in [2.24, 2.45) is 0 Å². The molecule has 0 aliphatic carbocycles. The second kappa shape index (κ2) is 4.51. The number of hydrogen-bond donors (Lipinski definition) is 1. The highest BCUT2D eigenvalue weighted by molar-refractivity contribution is 9.10. The predicted molar refractivity (Wildman–Crippen MR) is 62.0 cm³/mol. The monoisotopic (exact) mass is 271 g/mol. The average molecular weight is 272 g/mol. The standard InChI is InChI=1S/C11H14BrNO2/c1-15-11-3-2-9(12)4-8(11)5-13-6-10(14)7-13/h2-4,10,14H,5-7H2,1H3. The van der Waals surface area contributed by atoms with Crippen molar-refractivity contribution >= 4 is 15.9 Å². The van der Waals surface area contributed by atoms with Gasteiger partial charge in [-0.05, 0) is 18.2 Å². The number of likely N-dealkylation sites (tertiary alicyclic amines) is 1. The molecule has 0 atom stereocenters. The highest BCUT2D eigenvalue weighted by Crippen LogP contribution is 2.25. The fourth-order valence-corrected chi connectivity index (χ4v) is 2.19. The molecular weight excluding hydrogens is 258 g/mol. The molecule has 0 unspecified atom stereocenters. The largest absolute Gasteiger partial charge is 0.496 e. The van der Waals surface area contributed by atoms with Crippen LogP contribution < -0.4 is 4.74 Å². The molecule has 0 aromatic heterocycles. The third-order valence-electron chi connectivity index (χ3n) is 2.57. The van der Waals surface area contributed by atoms with Crippen molar-refractivity contribution in [2.75, 3.05) is 20.2 Å². The number of β-amino-alcohol motifs (C(OH)–C–C–N with tert-alkyl or cyclic N) is 1. The predicted octanol–water partition coefficient (Wildman–Crippen LogP) is 1.63. The lowest BCUT2D eigenvalue weighted by atomic mass is 10.1. The first-order valence-electron chi connectivity index (χ1n) is 4.92. The van der Waals surface area contributed by atoms with Gasteiger partial charge in [0.2, 0.25) is 0 Å². The van der Waals surface area contributed by atoms with Crippen LogP contribution in [0.25, 0.3) is 0 Å². The van der Waals surface area contributed by atoms with E-state index in [4.69, 9.17) is 4.74 Å². The Kier molecular flexibility index (Phi) is 3.29. The van der Waals surface area contributed by atoms with E-state index in [2.05, 4.69) is 26.9 Å². The van der Waals surface area contributed by atoms with Gasteiger partial charge in [-0.15, -0.1) is 0 Å². The van der Waals surface area contributed by atoms with Gasteiger partial charge >= 0.3 is 0 Å². The second-order valence-electron chi connectivity index (χ2n) is 3.80. The van der Waals surface area contributed by atoms with Gasteiger partial charge in [0.1, 0.15) is 5.75 Å². The first kappa shape index (κ1) is 10.9. The topological polar surface area (TPSA) is 32.7 Å². The van der Waals surface area contributed by atoms with Crippen molar-refractivity contribution in [1.82, 2.24) is 4.90 Å². The number of benzene rings is 1. The van der Waals surface area contributed by atoms with Crippen molar-refractivity contribution in [3.63, 3.8) is 0 Å². The van der Waals surface area contributed by atoms with E-state index in [0.717, 1.165) is 35.4 Å². The Balaban J connectivity index is 2.08. The number of aliphatic hydroxyl groups is 1. The summed E-state index contributed by atoms with van der Waals surface area (Å²) < 4.78 is 6.34. The zero-order valence-corrected chi connectivity index (χ0v) is 10.2. The van der Waals surface area contributed by atoms with E-state index < -0.39 is 0 Å². The Hall–Kier alpha value is -0.580. The van der Waals surface area contributed by atoms with E-state index in [0.29, 0.717) is 0 Å². The molecule has 82 valence electrons. The molecule has 1 N–H and O–H groups in total. The minimum Gasteiger partial charge on any atom is -0.496 e. The molecule has 1 aromatic carbocycles. The minimum atomic E-state index is -0.150. The quantitative estimate of drug-likeness (QED) is 0.907. The fraction of sp³-hybridized carbons (Fsp3) is 0.455. The number of aliphatic hydroxyl groups excluding tert-OH is 1. The molecule has 4 heteroatoms. The van der Waals surface area contributed by atoms with Gasteiger partial charge in [0.25, 0.3) is 0 Å². The number of rotatable bonds is 3. The van der Waals surface area contributed by atoms with Gasteiger partial charge in [-0.2, -0.15) is 0 Å². The van der Waals surface area contributed by atoms with Crippen LogP contribution in [0.5, 0.6) is 5.75 Å². The van der Waals surface area contributed by atoms with Gasteiger partial charge in [0.05, 0.1) is 13.2 Å². The first-order valence-corrected chi connectivity index (χ1v) is 5.71. The van der Waals surface area contributed by atoms with Crippen LogP contribution in [-0.2, 0) is 6.54 Å². The van der Waals surface area contributed by atoms with Crippen molar-refractivity contribution < 1.29 is 9.84 Å². The smallest absolute Gasteiger partial charge is 0.123 e. The maximum Gasteiger partial charge on any atom is 0.123 e. The highest BCUT2D eigenvalue weighted by atomic mass is 79.9. The number of nitrogens with zero attached hydrogens (tertiary/aromatic N) is 1. The number of ether oxygens (including phenoxy) is 1. The van der Waals surface area contributed by atoms with E-state index in [1.165, 1.54) is 0 Å². The number of methoxy groups -OCH3 is 1. The molecule has 1 fully saturated rings. The van der Waals surface area contributed by atoms with Crippen LogP contribution in [0, 0.1) is 0 Å². The molecule has 1 aromatic rings. The van der Waals surface area contributed by atoms with Crippen molar-refractivity contribution in [3.8, 4) is 5.75 Å². The van der Waals surface area contributed by atoms with Crippen molar-refractivity contribution in [2.45, 2.75) is 12.6 Å². The van der Waals surface area contributed by atoms with Crippen LogP contribution in [0.3, 0.4) is 0 Å².